The summed E-state index contributed by atoms with van der Waals surface area (Å²) >= 11 is 0. The van der Waals surface area contributed by atoms with Crippen LogP contribution in [0.2, 0.25) is 0 Å². The van der Waals surface area contributed by atoms with E-state index < -0.39 is 0 Å². The summed E-state index contributed by atoms with van der Waals surface area (Å²) in [4.78, 5) is 2.45. The first-order valence-electron chi connectivity index (χ1n) is 8.25. The Labute approximate surface area is 125 Å². The molecular weight excluding hydrogens is 244 g/mol. The van der Waals surface area contributed by atoms with Crippen LogP contribution in [0.1, 0.15) is 57.7 Å². The Morgan fingerprint density at radius 3 is 2.25 bits per heavy atom. The second-order valence-electron chi connectivity index (χ2n) is 5.55. The van der Waals surface area contributed by atoms with Gasteiger partial charge in [-0.05, 0) is 44.0 Å². The van der Waals surface area contributed by atoms with Crippen molar-refractivity contribution in [1.29, 1.82) is 0 Å². The van der Waals surface area contributed by atoms with Crippen LogP contribution in [0.15, 0.2) is 24.3 Å². The molecule has 0 spiro atoms. The first kappa shape index (κ1) is 17.2. The van der Waals surface area contributed by atoms with E-state index in [1.807, 2.05) is 0 Å². The predicted molar refractivity (Wildman–Crippen MR) is 89.3 cm³/mol. The Kier molecular flexibility index (Phi) is 8.56. The van der Waals surface area contributed by atoms with E-state index in [0.717, 1.165) is 26.2 Å². The van der Waals surface area contributed by atoms with Crippen LogP contribution in [-0.4, -0.2) is 31.1 Å². The zero-order valence-corrected chi connectivity index (χ0v) is 13.8. The Bertz CT molecular complexity index is 341. The minimum Gasteiger partial charge on any atom is -0.309 e. The maximum absolute atomic E-state index is 3.62. The zero-order valence-electron chi connectivity index (χ0n) is 13.8. The number of nitrogens with one attached hydrogen (secondary N) is 1. The van der Waals surface area contributed by atoms with E-state index in [2.05, 4.69) is 62.2 Å². The highest BCUT2D eigenvalue weighted by Crippen LogP contribution is 2.14. The number of unbranched alkanes of at least 4 members (excludes halogenated alkanes) is 1. The van der Waals surface area contributed by atoms with E-state index in [9.17, 15) is 0 Å². The molecule has 1 aromatic rings. The smallest absolute Gasteiger partial charge is 0.0292 e. The number of aryl methyl sites for hydroxylation is 1. The van der Waals surface area contributed by atoms with Crippen molar-refractivity contribution in [2.24, 2.45) is 0 Å². The van der Waals surface area contributed by atoms with Crippen molar-refractivity contribution < 1.29 is 0 Å². The minimum atomic E-state index is 0.436. The first-order valence-corrected chi connectivity index (χ1v) is 8.25. The second-order valence-corrected chi connectivity index (χ2v) is 5.55. The van der Waals surface area contributed by atoms with Crippen molar-refractivity contribution >= 4 is 0 Å². The molecule has 1 atom stereocenters. The van der Waals surface area contributed by atoms with Gasteiger partial charge < -0.3 is 10.2 Å². The van der Waals surface area contributed by atoms with Crippen LogP contribution in [0.4, 0.5) is 0 Å². The number of rotatable bonds is 10. The van der Waals surface area contributed by atoms with Crippen LogP contribution in [0.25, 0.3) is 0 Å². The fourth-order valence-electron chi connectivity index (χ4n) is 2.45. The SMILES string of the molecule is CCCCc1ccc(C(C)NCCN(CC)CC)cc1. The second kappa shape index (κ2) is 9.95. The first-order chi connectivity index (χ1) is 9.71. The van der Waals surface area contributed by atoms with Gasteiger partial charge in [0.1, 0.15) is 0 Å². The molecule has 0 saturated carbocycles. The normalized spacial score (nSPS) is 12.8. The monoisotopic (exact) mass is 276 g/mol. The molecule has 0 bridgehead atoms. The average molecular weight is 276 g/mol. The standard InChI is InChI=1S/C18H32N2/c1-5-8-9-17-10-12-18(13-11-17)16(4)19-14-15-20(6-2)7-3/h10-13,16,19H,5-9,14-15H2,1-4H3. The maximum Gasteiger partial charge on any atom is 0.0292 e. The van der Waals surface area contributed by atoms with Crippen molar-refractivity contribution in [3.63, 3.8) is 0 Å². The van der Waals surface area contributed by atoms with Gasteiger partial charge in [-0.1, -0.05) is 51.5 Å². The lowest BCUT2D eigenvalue weighted by Gasteiger charge is -2.20. The van der Waals surface area contributed by atoms with Crippen LogP contribution in [-0.2, 0) is 6.42 Å². The molecule has 1 N–H and O–H groups in total. The Morgan fingerprint density at radius 2 is 1.70 bits per heavy atom. The Balaban J connectivity index is 2.37. The summed E-state index contributed by atoms with van der Waals surface area (Å²) in [5, 5.41) is 3.62. The summed E-state index contributed by atoms with van der Waals surface area (Å²) in [6, 6.07) is 9.56. The van der Waals surface area contributed by atoms with Crippen molar-refractivity contribution in [2.75, 3.05) is 26.2 Å². The molecule has 1 rings (SSSR count). The molecule has 0 aliphatic carbocycles. The van der Waals surface area contributed by atoms with Gasteiger partial charge in [-0.3, -0.25) is 0 Å². The third-order valence-corrected chi connectivity index (χ3v) is 4.07. The molecule has 0 aromatic heterocycles. The molecule has 0 heterocycles. The number of likely N-dealkylation sites (N-methyl/N-ethyl adjacent to an activating group) is 1. The highest BCUT2D eigenvalue weighted by molar-refractivity contribution is 5.24. The summed E-state index contributed by atoms with van der Waals surface area (Å²) in [6.45, 7) is 13.4. The van der Waals surface area contributed by atoms with Gasteiger partial charge in [0.25, 0.3) is 0 Å². The maximum atomic E-state index is 3.62. The van der Waals surface area contributed by atoms with Gasteiger partial charge in [0.2, 0.25) is 0 Å². The van der Waals surface area contributed by atoms with E-state index in [1.165, 1.54) is 30.4 Å². The van der Waals surface area contributed by atoms with Crippen LogP contribution in [0.3, 0.4) is 0 Å². The van der Waals surface area contributed by atoms with Gasteiger partial charge in [-0.2, -0.15) is 0 Å². The number of nitrogens with zero attached hydrogens (tertiary/aromatic N) is 1. The predicted octanol–water partition coefficient (Wildman–Crippen LogP) is 4.02. The van der Waals surface area contributed by atoms with Crippen molar-refractivity contribution in [2.45, 2.75) is 53.0 Å². The topological polar surface area (TPSA) is 15.3 Å². The fourth-order valence-corrected chi connectivity index (χ4v) is 2.45. The summed E-state index contributed by atoms with van der Waals surface area (Å²) in [5.74, 6) is 0. The van der Waals surface area contributed by atoms with Crippen LogP contribution < -0.4 is 5.32 Å². The van der Waals surface area contributed by atoms with E-state index in [-0.39, 0.29) is 0 Å². The van der Waals surface area contributed by atoms with Gasteiger partial charge in [-0.15, -0.1) is 0 Å². The minimum absolute atomic E-state index is 0.436. The highest BCUT2D eigenvalue weighted by Gasteiger charge is 2.05. The summed E-state index contributed by atoms with van der Waals surface area (Å²) in [5.41, 5.74) is 2.86. The molecule has 0 aliphatic heterocycles. The molecule has 0 aliphatic rings. The average Bonchev–Trinajstić information content (AvgIpc) is 2.50. The van der Waals surface area contributed by atoms with Crippen LogP contribution in [0, 0.1) is 0 Å². The summed E-state index contributed by atoms with van der Waals surface area (Å²) in [7, 11) is 0. The summed E-state index contributed by atoms with van der Waals surface area (Å²) in [6.07, 6.45) is 3.77. The van der Waals surface area contributed by atoms with E-state index in [4.69, 9.17) is 0 Å². The fraction of sp³-hybridized carbons (Fsp3) is 0.667. The number of benzene rings is 1. The van der Waals surface area contributed by atoms with Crippen molar-refractivity contribution in [3.8, 4) is 0 Å². The van der Waals surface area contributed by atoms with Gasteiger partial charge in [0.05, 0.1) is 0 Å². The molecule has 2 heteroatoms. The van der Waals surface area contributed by atoms with Gasteiger partial charge in [-0.25, -0.2) is 0 Å². The molecule has 2 nitrogen and oxygen atoms in total. The van der Waals surface area contributed by atoms with Crippen molar-refractivity contribution in [3.05, 3.63) is 35.4 Å². The molecular formula is C18H32N2. The quantitative estimate of drug-likeness (QED) is 0.694. The molecule has 0 amide bonds. The van der Waals surface area contributed by atoms with E-state index in [1.54, 1.807) is 0 Å². The Hall–Kier alpha value is -0.860. The number of hydrogen-bond donors (Lipinski definition) is 1. The highest BCUT2D eigenvalue weighted by atomic mass is 15.1. The van der Waals surface area contributed by atoms with Gasteiger partial charge in [0.15, 0.2) is 0 Å². The molecule has 1 unspecified atom stereocenters. The summed E-state index contributed by atoms with van der Waals surface area (Å²) < 4.78 is 0. The third kappa shape index (κ3) is 6.06. The number of hydrogen-bond acceptors (Lipinski definition) is 2. The third-order valence-electron chi connectivity index (χ3n) is 4.07. The lowest BCUT2D eigenvalue weighted by Crippen LogP contribution is -2.33. The van der Waals surface area contributed by atoms with Gasteiger partial charge >= 0.3 is 0 Å². The Morgan fingerprint density at radius 1 is 1.05 bits per heavy atom. The molecule has 1 aromatic carbocycles. The molecule has 20 heavy (non-hydrogen) atoms. The molecule has 0 fully saturated rings. The molecule has 0 radical (unpaired) electrons. The molecule has 0 saturated heterocycles. The molecule has 114 valence electrons. The van der Waals surface area contributed by atoms with E-state index >= 15 is 0 Å². The van der Waals surface area contributed by atoms with Crippen LogP contribution >= 0.6 is 0 Å². The largest absolute Gasteiger partial charge is 0.309 e. The zero-order chi connectivity index (χ0) is 14.8. The van der Waals surface area contributed by atoms with E-state index in [0.29, 0.717) is 6.04 Å². The van der Waals surface area contributed by atoms with Crippen molar-refractivity contribution in [1.82, 2.24) is 10.2 Å². The van der Waals surface area contributed by atoms with Gasteiger partial charge in [0, 0.05) is 19.1 Å². The lowest BCUT2D eigenvalue weighted by molar-refractivity contribution is 0.298. The van der Waals surface area contributed by atoms with Crippen LogP contribution in [0.5, 0.6) is 0 Å². The lowest BCUT2D eigenvalue weighted by atomic mass is 10.0.